The van der Waals surface area contributed by atoms with Gasteiger partial charge in [-0.15, -0.1) is 6.10 Å². The summed E-state index contributed by atoms with van der Waals surface area (Å²) in [5.74, 6) is 0. The van der Waals surface area contributed by atoms with Crippen LogP contribution in [0.15, 0.2) is 0 Å². The maximum absolute atomic E-state index is 9.64. The molecule has 0 saturated heterocycles. The van der Waals surface area contributed by atoms with Crippen molar-refractivity contribution < 1.29 is 56.5 Å². The average Bonchev–Trinajstić information content (AvgIpc) is 1.75. The fourth-order valence-electron chi connectivity index (χ4n) is 0.0680. The van der Waals surface area contributed by atoms with Gasteiger partial charge in [0.25, 0.3) is 0 Å². The molecule has 1 fully saturated rings. The molecule has 1 saturated carbocycles. The van der Waals surface area contributed by atoms with Gasteiger partial charge in [0.2, 0.25) is 0 Å². The summed E-state index contributed by atoms with van der Waals surface area (Å²) in [6.45, 7) is 0. The second kappa shape index (κ2) is 2.72. The molecule has 0 radical (unpaired) electrons. The summed E-state index contributed by atoms with van der Waals surface area (Å²) in [6.07, 6.45) is 1.69. The zero-order chi connectivity index (χ0) is 2.99. The minimum Gasteiger partial charge on any atom is -0.852 e. The van der Waals surface area contributed by atoms with Gasteiger partial charge < -0.3 is 5.11 Å². The van der Waals surface area contributed by atoms with Crippen LogP contribution in [0.3, 0.4) is 0 Å². The van der Waals surface area contributed by atoms with Crippen molar-refractivity contribution in [2.45, 2.75) is 18.9 Å². The van der Waals surface area contributed by atoms with Crippen LogP contribution in [-0.4, -0.2) is 6.10 Å². The van der Waals surface area contributed by atoms with Gasteiger partial charge in [0.05, 0.1) is 0 Å². The van der Waals surface area contributed by atoms with E-state index in [1.807, 2.05) is 0 Å². The summed E-state index contributed by atoms with van der Waals surface area (Å²) in [4.78, 5) is 0. The normalized spacial score (nSPS) is 21.0. The Morgan fingerprint density at radius 2 is 1.60 bits per heavy atom. The van der Waals surface area contributed by atoms with Crippen LogP contribution in [-0.2, 0) is 0 Å². The van der Waals surface area contributed by atoms with Gasteiger partial charge in [-0.3, -0.25) is 0 Å². The quantitative estimate of drug-likeness (QED) is 0.287. The molecule has 0 spiro atoms. The first-order chi connectivity index (χ1) is 1.89. The van der Waals surface area contributed by atoms with Gasteiger partial charge in [0.15, 0.2) is 0 Å². The monoisotopic (exact) mass is 96.0 g/mol. The molecule has 0 amide bonds. The summed E-state index contributed by atoms with van der Waals surface area (Å²) in [6, 6.07) is 0. The molecule has 5 heavy (non-hydrogen) atoms. The van der Waals surface area contributed by atoms with Crippen LogP contribution >= 0.6 is 0 Å². The molecule has 1 aliphatic rings. The summed E-state index contributed by atoms with van der Waals surface area (Å²) in [5, 5.41) is 9.64. The predicted molar refractivity (Wildman–Crippen MR) is 13.0 cm³/mol. The van der Waals surface area contributed by atoms with E-state index in [4.69, 9.17) is 0 Å². The second-order valence-corrected chi connectivity index (χ2v) is 1.20. The Balaban J connectivity index is 0.000000160. The third-order valence-electron chi connectivity index (χ3n) is 0.524. The molecule has 1 nitrogen and oxygen atoms in total. The van der Waals surface area contributed by atoms with E-state index in [1.54, 1.807) is 0 Å². The van der Waals surface area contributed by atoms with Gasteiger partial charge in [-0.05, 0) is 0 Å². The van der Waals surface area contributed by atoms with E-state index in [9.17, 15) is 5.11 Å². The van der Waals surface area contributed by atoms with Crippen molar-refractivity contribution in [1.29, 1.82) is 0 Å². The Bertz CT molecular complexity index is 26.1. The van der Waals surface area contributed by atoms with E-state index in [2.05, 4.69) is 0 Å². The Morgan fingerprint density at radius 1 is 1.40 bits per heavy atom. The molecule has 0 aromatic heterocycles. The predicted octanol–water partition coefficient (Wildman–Crippen LogP) is -3.49. The minimum atomic E-state index is -0.167. The molecular weight excluding hydrogens is 91.1 g/mol. The van der Waals surface area contributed by atoms with E-state index in [-0.39, 0.29) is 57.5 Å². The van der Waals surface area contributed by atoms with E-state index >= 15 is 0 Å². The standard InChI is InChI=1S/C3H5O.K/c4-3-1-2-3;/h3H,1-2H2;/q-1;+1. The van der Waals surface area contributed by atoms with Crippen LogP contribution in [0.5, 0.6) is 0 Å². The van der Waals surface area contributed by atoms with Crippen molar-refractivity contribution in [2.75, 3.05) is 0 Å². The zero-order valence-electron chi connectivity index (χ0n) is 3.40. The largest absolute Gasteiger partial charge is 1.00 e. The SMILES string of the molecule is [K+].[O-]C1CC1. The molecule has 0 aromatic carbocycles. The molecular formula is C3H5KO. The summed E-state index contributed by atoms with van der Waals surface area (Å²) in [5.41, 5.74) is 0. The first kappa shape index (κ1) is 6.60. The first-order valence-corrected chi connectivity index (χ1v) is 1.55. The van der Waals surface area contributed by atoms with Crippen LogP contribution in [0.1, 0.15) is 12.8 Å². The Hall–Kier alpha value is 1.60. The van der Waals surface area contributed by atoms with Crippen LogP contribution in [0.2, 0.25) is 0 Å². The van der Waals surface area contributed by atoms with Crippen molar-refractivity contribution in [3.05, 3.63) is 0 Å². The van der Waals surface area contributed by atoms with Crippen molar-refractivity contribution in [3.63, 3.8) is 0 Å². The van der Waals surface area contributed by atoms with E-state index in [0.29, 0.717) is 0 Å². The minimum absolute atomic E-state index is 0. The number of hydrogen-bond acceptors (Lipinski definition) is 1. The van der Waals surface area contributed by atoms with Gasteiger partial charge in [-0.1, -0.05) is 12.8 Å². The van der Waals surface area contributed by atoms with Gasteiger partial charge in [0.1, 0.15) is 0 Å². The summed E-state index contributed by atoms with van der Waals surface area (Å²) >= 11 is 0. The van der Waals surface area contributed by atoms with Crippen LogP contribution in [0.4, 0.5) is 0 Å². The van der Waals surface area contributed by atoms with Crippen LogP contribution in [0, 0.1) is 0 Å². The molecule has 0 aliphatic heterocycles. The summed E-state index contributed by atoms with van der Waals surface area (Å²) < 4.78 is 0. The maximum Gasteiger partial charge on any atom is 1.00 e. The molecule has 2 heteroatoms. The summed E-state index contributed by atoms with van der Waals surface area (Å²) in [7, 11) is 0. The van der Waals surface area contributed by atoms with E-state index in [0.717, 1.165) is 12.8 Å². The van der Waals surface area contributed by atoms with Crippen molar-refractivity contribution >= 4 is 0 Å². The topological polar surface area (TPSA) is 23.1 Å². The third-order valence-corrected chi connectivity index (χ3v) is 0.524. The Labute approximate surface area is 74.2 Å². The molecule has 0 heterocycles. The van der Waals surface area contributed by atoms with Gasteiger partial charge in [0, 0.05) is 0 Å². The van der Waals surface area contributed by atoms with E-state index in [1.165, 1.54) is 0 Å². The van der Waals surface area contributed by atoms with Gasteiger partial charge in [-0.25, -0.2) is 0 Å². The number of hydrogen-bond donors (Lipinski definition) is 0. The molecule has 24 valence electrons. The van der Waals surface area contributed by atoms with Gasteiger partial charge >= 0.3 is 51.4 Å². The molecule has 0 aromatic rings. The zero-order valence-corrected chi connectivity index (χ0v) is 6.52. The first-order valence-electron chi connectivity index (χ1n) is 1.55. The molecule has 1 rings (SSSR count). The van der Waals surface area contributed by atoms with Crippen LogP contribution < -0.4 is 56.5 Å². The fourth-order valence-corrected chi connectivity index (χ4v) is 0.0680. The average molecular weight is 96.2 g/mol. The second-order valence-electron chi connectivity index (χ2n) is 1.20. The molecule has 0 bridgehead atoms. The Kier molecular flexibility index (Phi) is 3.58. The smallest absolute Gasteiger partial charge is 0.852 e. The van der Waals surface area contributed by atoms with Crippen molar-refractivity contribution in [1.82, 2.24) is 0 Å². The van der Waals surface area contributed by atoms with Crippen molar-refractivity contribution in [2.24, 2.45) is 0 Å². The third kappa shape index (κ3) is 3.43. The van der Waals surface area contributed by atoms with Crippen LogP contribution in [0.25, 0.3) is 0 Å². The van der Waals surface area contributed by atoms with Crippen molar-refractivity contribution in [3.8, 4) is 0 Å². The fraction of sp³-hybridized carbons (Fsp3) is 1.00. The molecule has 0 N–H and O–H groups in total. The van der Waals surface area contributed by atoms with E-state index < -0.39 is 0 Å². The van der Waals surface area contributed by atoms with Gasteiger partial charge in [-0.2, -0.15) is 0 Å². The molecule has 0 unspecified atom stereocenters. The maximum atomic E-state index is 9.64. The Morgan fingerprint density at radius 3 is 1.60 bits per heavy atom. The molecule has 0 atom stereocenters. The molecule has 1 aliphatic carbocycles. The number of rotatable bonds is 0.